The lowest BCUT2D eigenvalue weighted by Gasteiger charge is -2.19. The average Bonchev–Trinajstić information content (AvgIpc) is 2.17. The fourth-order valence-corrected chi connectivity index (χ4v) is 1.54. The van der Waals surface area contributed by atoms with Crippen LogP contribution in [0.1, 0.15) is 11.1 Å². The number of hydrogen-bond donors (Lipinski definition) is 1. The first-order chi connectivity index (χ1) is 6.69. The van der Waals surface area contributed by atoms with Gasteiger partial charge in [-0.3, -0.25) is 0 Å². The lowest BCUT2D eigenvalue weighted by molar-refractivity contribution is 0.282. The average molecular weight is 191 g/mol. The third-order valence-electron chi connectivity index (χ3n) is 2.26. The molecule has 0 saturated heterocycles. The van der Waals surface area contributed by atoms with E-state index in [-0.39, 0.29) is 6.61 Å². The third-order valence-corrected chi connectivity index (χ3v) is 2.26. The second-order valence-electron chi connectivity index (χ2n) is 3.45. The van der Waals surface area contributed by atoms with E-state index in [0.717, 1.165) is 12.1 Å². The zero-order chi connectivity index (χ0) is 10.6. The number of rotatable bonds is 4. The van der Waals surface area contributed by atoms with E-state index in [1.165, 1.54) is 11.3 Å². The van der Waals surface area contributed by atoms with Crippen molar-refractivity contribution < 1.29 is 5.11 Å². The maximum absolute atomic E-state index is 8.97. The van der Waals surface area contributed by atoms with Gasteiger partial charge in [0.15, 0.2) is 0 Å². The van der Waals surface area contributed by atoms with E-state index < -0.39 is 0 Å². The number of aliphatic hydroxyl groups excluding tert-OH is 1. The number of hydrogen-bond acceptors (Lipinski definition) is 2. The topological polar surface area (TPSA) is 23.5 Å². The molecule has 1 aromatic rings. The highest BCUT2D eigenvalue weighted by Crippen LogP contribution is 2.19. The van der Waals surface area contributed by atoms with Gasteiger partial charge in [0, 0.05) is 19.3 Å². The van der Waals surface area contributed by atoms with Gasteiger partial charge in [-0.25, -0.2) is 0 Å². The molecule has 0 heterocycles. The molecular formula is C12H17NO. The van der Waals surface area contributed by atoms with Crippen LogP contribution in [-0.4, -0.2) is 18.7 Å². The molecule has 1 aromatic carbocycles. The molecule has 0 aliphatic rings. The quantitative estimate of drug-likeness (QED) is 0.737. The first kappa shape index (κ1) is 10.8. The summed E-state index contributed by atoms with van der Waals surface area (Å²) in [5.74, 6) is 0. The Balaban J connectivity index is 2.93. The van der Waals surface area contributed by atoms with Crippen molar-refractivity contribution >= 4 is 5.69 Å². The zero-order valence-electron chi connectivity index (χ0n) is 8.83. The summed E-state index contributed by atoms with van der Waals surface area (Å²) in [4.78, 5) is 2.13. The Morgan fingerprint density at radius 2 is 2.21 bits per heavy atom. The van der Waals surface area contributed by atoms with Crippen LogP contribution in [0.5, 0.6) is 0 Å². The number of anilines is 1. The minimum Gasteiger partial charge on any atom is -0.392 e. The molecule has 1 rings (SSSR count). The molecule has 0 aliphatic carbocycles. The van der Waals surface area contributed by atoms with Crippen LogP contribution in [0.4, 0.5) is 5.69 Å². The first-order valence-electron chi connectivity index (χ1n) is 4.71. The molecule has 2 heteroatoms. The summed E-state index contributed by atoms with van der Waals surface area (Å²) in [5.41, 5.74) is 3.32. The maximum atomic E-state index is 8.97. The van der Waals surface area contributed by atoms with Crippen molar-refractivity contribution in [2.45, 2.75) is 13.5 Å². The van der Waals surface area contributed by atoms with Crippen molar-refractivity contribution in [1.29, 1.82) is 0 Å². The molecule has 76 valence electrons. The van der Waals surface area contributed by atoms with Crippen LogP contribution in [0.3, 0.4) is 0 Å². The van der Waals surface area contributed by atoms with Crippen molar-refractivity contribution in [3.8, 4) is 0 Å². The Hall–Kier alpha value is -1.28. The maximum Gasteiger partial charge on any atom is 0.0681 e. The minimum absolute atomic E-state index is 0.103. The Bertz CT molecular complexity index is 320. The molecule has 1 N–H and O–H groups in total. The summed E-state index contributed by atoms with van der Waals surface area (Å²) in [6.45, 7) is 6.69. The molecule has 0 fully saturated rings. The number of benzene rings is 1. The van der Waals surface area contributed by atoms with Crippen LogP contribution in [0, 0.1) is 6.92 Å². The highest BCUT2D eigenvalue weighted by Gasteiger charge is 2.03. The van der Waals surface area contributed by atoms with Gasteiger partial charge in [0.25, 0.3) is 0 Å². The van der Waals surface area contributed by atoms with E-state index >= 15 is 0 Å². The Morgan fingerprint density at radius 3 is 2.71 bits per heavy atom. The fraction of sp³-hybridized carbons (Fsp3) is 0.333. The van der Waals surface area contributed by atoms with Crippen molar-refractivity contribution in [2.75, 3.05) is 18.5 Å². The number of nitrogens with zero attached hydrogens (tertiary/aromatic N) is 1. The van der Waals surface area contributed by atoms with Crippen LogP contribution in [0.2, 0.25) is 0 Å². The summed E-state index contributed by atoms with van der Waals surface area (Å²) < 4.78 is 0. The summed E-state index contributed by atoms with van der Waals surface area (Å²) in [7, 11) is 2.03. The van der Waals surface area contributed by atoms with Crippen LogP contribution in [0.25, 0.3) is 0 Å². The Labute approximate surface area is 85.5 Å². The largest absolute Gasteiger partial charge is 0.392 e. The Kier molecular flexibility index (Phi) is 3.72. The van der Waals surface area contributed by atoms with Crippen molar-refractivity contribution in [1.82, 2.24) is 0 Å². The molecule has 14 heavy (non-hydrogen) atoms. The fourth-order valence-electron chi connectivity index (χ4n) is 1.54. The van der Waals surface area contributed by atoms with Crippen molar-refractivity contribution in [2.24, 2.45) is 0 Å². The molecule has 0 saturated carbocycles. The van der Waals surface area contributed by atoms with E-state index in [0.29, 0.717) is 0 Å². The lowest BCUT2D eigenvalue weighted by atomic mass is 10.1. The van der Waals surface area contributed by atoms with Gasteiger partial charge in [-0.15, -0.1) is 6.58 Å². The van der Waals surface area contributed by atoms with Crippen molar-refractivity contribution in [3.05, 3.63) is 42.0 Å². The third kappa shape index (κ3) is 2.36. The summed E-state index contributed by atoms with van der Waals surface area (Å²) >= 11 is 0. The summed E-state index contributed by atoms with van der Waals surface area (Å²) in [5, 5.41) is 8.97. The van der Waals surface area contributed by atoms with Gasteiger partial charge in [-0.05, 0) is 24.1 Å². The number of aryl methyl sites for hydroxylation is 1. The Morgan fingerprint density at radius 1 is 1.50 bits per heavy atom. The summed E-state index contributed by atoms with van der Waals surface area (Å²) in [6, 6.07) is 5.99. The molecule has 0 amide bonds. The van der Waals surface area contributed by atoms with Gasteiger partial charge in [0.1, 0.15) is 0 Å². The summed E-state index contributed by atoms with van der Waals surface area (Å²) in [6.07, 6.45) is 1.87. The standard InChI is InChI=1S/C12H17NO/c1-4-7-13(3)12-6-5-11(9-14)8-10(12)2/h4-6,8,14H,1,7,9H2,2-3H3. The van der Waals surface area contributed by atoms with Gasteiger partial charge in [-0.2, -0.15) is 0 Å². The second-order valence-corrected chi connectivity index (χ2v) is 3.45. The van der Waals surface area contributed by atoms with Crippen LogP contribution >= 0.6 is 0 Å². The van der Waals surface area contributed by atoms with Gasteiger partial charge < -0.3 is 10.0 Å². The SMILES string of the molecule is C=CCN(C)c1ccc(CO)cc1C. The van der Waals surface area contributed by atoms with Crippen molar-refractivity contribution in [3.63, 3.8) is 0 Å². The highest BCUT2D eigenvalue weighted by molar-refractivity contribution is 5.54. The van der Waals surface area contributed by atoms with E-state index in [9.17, 15) is 0 Å². The van der Waals surface area contributed by atoms with Crippen LogP contribution in [0.15, 0.2) is 30.9 Å². The van der Waals surface area contributed by atoms with Crippen LogP contribution in [-0.2, 0) is 6.61 Å². The minimum atomic E-state index is 0.103. The van der Waals surface area contributed by atoms with E-state index in [4.69, 9.17) is 5.11 Å². The van der Waals surface area contributed by atoms with Gasteiger partial charge in [0.2, 0.25) is 0 Å². The van der Waals surface area contributed by atoms with Gasteiger partial charge in [0.05, 0.1) is 6.61 Å². The number of likely N-dealkylation sites (N-methyl/N-ethyl adjacent to an activating group) is 1. The van der Waals surface area contributed by atoms with E-state index in [2.05, 4.69) is 11.5 Å². The first-order valence-corrected chi connectivity index (χ1v) is 4.71. The van der Waals surface area contributed by atoms with E-state index in [1.54, 1.807) is 0 Å². The molecule has 2 nitrogen and oxygen atoms in total. The predicted molar refractivity (Wildman–Crippen MR) is 60.6 cm³/mol. The smallest absolute Gasteiger partial charge is 0.0681 e. The zero-order valence-corrected chi connectivity index (χ0v) is 8.83. The predicted octanol–water partition coefficient (Wildman–Crippen LogP) is 2.11. The lowest BCUT2D eigenvalue weighted by Crippen LogP contribution is -2.17. The second kappa shape index (κ2) is 4.82. The van der Waals surface area contributed by atoms with Gasteiger partial charge in [-0.1, -0.05) is 18.2 Å². The molecule has 0 radical (unpaired) electrons. The molecule has 0 unspecified atom stereocenters. The molecule has 0 spiro atoms. The normalized spacial score (nSPS) is 9.93. The molecule has 0 atom stereocenters. The molecular weight excluding hydrogens is 174 g/mol. The molecule has 0 bridgehead atoms. The molecule has 0 aliphatic heterocycles. The molecule has 0 aromatic heterocycles. The monoisotopic (exact) mass is 191 g/mol. The van der Waals surface area contributed by atoms with Gasteiger partial charge >= 0.3 is 0 Å². The van der Waals surface area contributed by atoms with E-state index in [1.807, 2.05) is 38.2 Å². The van der Waals surface area contributed by atoms with Crippen LogP contribution < -0.4 is 4.90 Å². The highest BCUT2D eigenvalue weighted by atomic mass is 16.3. The number of aliphatic hydroxyl groups is 1.